The topological polar surface area (TPSA) is 52.4 Å². The molecule has 144 valence electrons. The molecule has 2 saturated heterocycles. The van der Waals surface area contributed by atoms with Gasteiger partial charge in [0.15, 0.2) is 0 Å². The lowest BCUT2D eigenvalue weighted by Crippen LogP contribution is -2.41. The number of anilines is 1. The molecule has 2 fully saturated rings. The van der Waals surface area contributed by atoms with Crippen molar-refractivity contribution >= 4 is 18.4 Å². The van der Waals surface area contributed by atoms with Crippen molar-refractivity contribution in [1.82, 2.24) is 14.8 Å². The Bertz CT molecular complexity index is 811. The third kappa shape index (κ3) is 3.50. The van der Waals surface area contributed by atoms with Crippen LogP contribution < -0.4 is 10.4 Å². The Hall–Kier alpha value is -1.86. The normalized spacial score (nSPS) is 21.2. The van der Waals surface area contributed by atoms with Crippen LogP contribution in [-0.4, -0.2) is 46.2 Å². The highest BCUT2D eigenvalue weighted by Gasteiger charge is 2.52. The number of nitrogens with zero attached hydrogens (tertiary/aromatic N) is 4. The fourth-order valence-electron chi connectivity index (χ4n) is 3.66. The average molecular weight is 368 g/mol. The van der Waals surface area contributed by atoms with Crippen molar-refractivity contribution in [2.75, 3.05) is 18.0 Å². The zero-order valence-electron chi connectivity index (χ0n) is 17.0. The van der Waals surface area contributed by atoms with Crippen LogP contribution >= 0.6 is 0 Å². The van der Waals surface area contributed by atoms with E-state index in [1.54, 1.807) is 0 Å². The minimum absolute atomic E-state index is 0.349. The SMILES string of the molecule is Cc1nn(Cc2cccc(N3CCCC3)n2)cc1B1OC(C)(C)C(C)(C)O1. The summed E-state index contributed by atoms with van der Waals surface area (Å²) < 4.78 is 14.3. The number of rotatable bonds is 4. The fraction of sp³-hybridized carbons (Fsp3) is 0.600. The Morgan fingerprint density at radius 1 is 1.07 bits per heavy atom. The van der Waals surface area contributed by atoms with Gasteiger partial charge in [-0.05, 0) is 59.6 Å². The maximum Gasteiger partial charge on any atom is 0.498 e. The van der Waals surface area contributed by atoms with Gasteiger partial charge >= 0.3 is 7.12 Å². The molecule has 0 saturated carbocycles. The van der Waals surface area contributed by atoms with E-state index < -0.39 is 0 Å². The summed E-state index contributed by atoms with van der Waals surface area (Å²) in [5, 5.41) is 4.68. The molecule has 4 rings (SSSR count). The van der Waals surface area contributed by atoms with Gasteiger partial charge in [0.25, 0.3) is 0 Å². The largest absolute Gasteiger partial charge is 0.498 e. The van der Waals surface area contributed by atoms with E-state index in [-0.39, 0.29) is 18.3 Å². The van der Waals surface area contributed by atoms with Crippen LogP contribution in [-0.2, 0) is 15.9 Å². The first-order valence-corrected chi connectivity index (χ1v) is 9.86. The molecule has 0 radical (unpaired) electrons. The van der Waals surface area contributed by atoms with Crippen LogP contribution in [0.2, 0.25) is 0 Å². The summed E-state index contributed by atoms with van der Waals surface area (Å²) in [6, 6.07) is 6.24. The molecule has 0 aliphatic carbocycles. The van der Waals surface area contributed by atoms with E-state index in [1.165, 1.54) is 12.8 Å². The van der Waals surface area contributed by atoms with E-state index in [9.17, 15) is 0 Å². The predicted octanol–water partition coefficient (Wildman–Crippen LogP) is 2.53. The quantitative estimate of drug-likeness (QED) is 0.777. The van der Waals surface area contributed by atoms with Gasteiger partial charge in [0, 0.05) is 24.7 Å². The molecule has 0 bridgehead atoms. The van der Waals surface area contributed by atoms with Crippen molar-refractivity contribution in [3.63, 3.8) is 0 Å². The predicted molar refractivity (Wildman–Crippen MR) is 107 cm³/mol. The molecular formula is C20H29BN4O2. The van der Waals surface area contributed by atoms with Gasteiger partial charge in [0.2, 0.25) is 0 Å². The van der Waals surface area contributed by atoms with Gasteiger partial charge < -0.3 is 14.2 Å². The minimum atomic E-state index is -0.382. The molecule has 0 spiro atoms. The van der Waals surface area contributed by atoms with E-state index in [0.717, 1.165) is 35.8 Å². The lowest BCUT2D eigenvalue weighted by atomic mass is 9.79. The number of pyridine rings is 1. The molecule has 4 heterocycles. The lowest BCUT2D eigenvalue weighted by molar-refractivity contribution is 0.00578. The molecule has 0 aromatic carbocycles. The zero-order chi connectivity index (χ0) is 19.2. The van der Waals surface area contributed by atoms with Crippen LogP contribution in [0.25, 0.3) is 0 Å². The average Bonchev–Trinajstić information content (AvgIpc) is 3.28. The number of hydrogen-bond donors (Lipinski definition) is 0. The summed E-state index contributed by atoms with van der Waals surface area (Å²) in [5.41, 5.74) is 2.24. The maximum absolute atomic E-state index is 6.18. The van der Waals surface area contributed by atoms with Crippen molar-refractivity contribution in [2.45, 2.75) is 65.2 Å². The van der Waals surface area contributed by atoms with Crippen LogP contribution in [0.15, 0.2) is 24.4 Å². The van der Waals surface area contributed by atoms with Gasteiger partial charge in [-0.3, -0.25) is 4.68 Å². The van der Waals surface area contributed by atoms with Gasteiger partial charge in [-0.1, -0.05) is 6.07 Å². The molecule has 2 aliphatic heterocycles. The summed E-state index contributed by atoms with van der Waals surface area (Å²) in [4.78, 5) is 7.19. The first-order chi connectivity index (χ1) is 12.7. The highest BCUT2D eigenvalue weighted by atomic mass is 16.7. The second-order valence-electron chi connectivity index (χ2n) is 8.64. The Balaban J connectivity index is 1.52. The number of aromatic nitrogens is 3. The Morgan fingerprint density at radius 2 is 1.74 bits per heavy atom. The van der Waals surface area contributed by atoms with E-state index >= 15 is 0 Å². The third-order valence-electron chi connectivity index (χ3n) is 6.04. The molecule has 7 heteroatoms. The second kappa shape index (κ2) is 6.64. The lowest BCUT2D eigenvalue weighted by Gasteiger charge is -2.32. The number of hydrogen-bond acceptors (Lipinski definition) is 5. The van der Waals surface area contributed by atoms with Crippen molar-refractivity contribution in [3.05, 3.63) is 35.8 Å². The molecular weight excluding hydrogens is 339 g/mol. The summed E-state index contributed by atoms with van der Waals surface area (Å²) in [6.45, 7) is 13.1. The van der Waals surface area contributed by atoms with Crippen molar-refractivity contribution < 1.29 is 9.31 Å². The molecule has 2 aliphatic rings. The first-order valence-electron chi connectivity index (χ1n) is 9.86. The number of aryl methyl sites for hydroxylation is 1. The van der Waals surface area contributed by atoms with E-state index in [4.69, 9.17) is 14.3 Å². The van der Waals surface area contributed by atoms with Gasteiger partial charge in [-0.2, -0.15) is 5.10 Å². The minimum Gasteiger partial charge on any atom is -0.399 e. The molecule has 0 amide bonds. The first kappa shape index (κ1) is 18.5. The maximum atomic E-state index is 6.18. The van der Waals surface area contributed by atoms with Crippen LogP contribution in [0, 0.1) is 6.92 Å². The van der Waals surface area contributed by atoms with Gasteiger partial charge in [-0.25, -0.2) is 4.98 Å². The van der Waals surface area contributed by atoms with Crippen LogP contribution in [0.3, 0.4) is 0 Å². The van der Waals surface area contributed by atoms with E-state index in [1.807, 2.05) is 17.8 Å². The molecule has 27 heavy (non-hydrogen) atoms. The standard InChI is InChI=1S/C20H29BN4O2/c1-15-17(21-26-19(2,3)20(4,5)27-21)14-25(23-15)13-16-9-8-10-18(22-16)24-11-6-7-12-24/h8-10,14H,6-7,11-13H2,1-5H3. The smallest absolute Gasteiger partial charge is 0.399 e. The van der Waals surface area contributed by atoms with Gasteiger partial charge in [-0.15, -0.1) is 0 Å². The highest BCUT2D eigenvalue weighted by Crippen LogP contribution is 2.36. The molecule has 2 aromatic rings. The summed E-state index contributed by atoms with van der Waals surface area (Å²) in [5.74, 6) is 1.07. The summed E-state index contributed by atoms with van der Waals surface area (Å²) in [6.07, 6.45) is 4.53. The Kier molecular flexibility index (Phi) is 4.55. The van der Waals surface area contributed by atoms with Crippen molar-refractivity contribution in [2.24, 2.45) is 0 Å². The van der Waals surface area contributed by atoms with E-state index in [2.05, 4.69) is 55.9 Å². The monoisotopic (exact) mass is 368 g/mol. The highest BCUT2D eigenvalue weighted by molar-refractivity contribution is 6.62. The van der Waals surface area contributed by atoms with Gasteiger partial charge in [0.05, 0.1) is 29.1 Å². The molecule has 0 atom stereocenters. The van der Waals surface area contributed by atoms with Crippen LogP contribution in [0.4, 0.5) is 5.82 Å². The Labute approximate surface area is 162 Å². The van der Waals surface area contributed by atoms with Crippen molar-refractivity contribution in [3.8, 4) is 0 Å². The van der Waals surface area contributed by atoms with Gasteiger partial charge in [0.1, 0.15) is 5.82 Å². The fourth-order valence-corrected chi connectivity index (χ4v) is 3.66. The van der Waals surface area contributed by atoms with Crippen LogP contribution in [0.1, 0.15) is 51.9 Å². The summed E-state index contributed by atoms with van der Waals surface area (Å²) in [7, 11) is -0.382. The third-order valence-corrected chi connectivity index (χ3v) is 6.04. The Morgan fingerprint density at radius 3 is 2.41 bits per heavy atom. The summed E-state index contributed by atoms with van der Waals surface area (Å²) >= 11 is 0. The molecule has 0 N–H and O–H groups in total. The molecule has 2 aromatic heterocycles. The van der Waals surface area contributed by atoms with Crippen molar-refractivity contribution in [1.29, 1.82) is 0 Å². The molecule has 6 nitrogen and oxygen atoms in total. The molecule has 0 unspecified atom stereocenters. The second-order valence-corrected chi connectivity index (χ2v) is 8.64. The van der Waals surface area contributed by atoms with E-state index in [0.29, 0.717) is 6.54 Å². The zero-order valence-corrected chi connectivity index (χ0v) is 17.0. The van der Waals surface area contributed by atoms with Crippen LogP contribution in [0.5, 0.6) is 0 Å².